The number of rotatable bonds is 5. The number of carbonyl (C=O) groups excluding carboxylic acids is 1. The van der Waals surface area contributed by atoms with Gasteiger partial charge in [-0.3, -0.25) is 9.59 Å². The molecule has 0 saturated heterocycles. The Hall–Kier alpha value is -2.25. The number of aromatic nitrogens is 2. The molecule has 0 radical (unpaired) electrons. The highest BCUT2D eigenvalue weighted by molar-refractivity contribution is 5.83. The number of amides is 1. The molecule has 1 aromatic heterocycles. The normalized spacial score (nSPS) is 9.56. The SMILES string of the molecule is O=C(O)CNC(=O)CNc1ncc(F)cn1. The van der Waals surface area contributed by atoms with Crippen molar-refractivity contribution in [2.75, 3.05) is 18.4 Å². The zero-order chi connectivity index (χ0) is 12.0. The molecule has 1 heterocycles. The molecule has 1 rings (SSSR count). The lowest BCUT2D eigenvalue weighted by atomic mass is 10.5. The van der Waals surface area contributed by atoms with Crippen molar-refractivity contribution in [1.82, 2.24) is 15.3 Å². The summed E-state index contributed by atoms with van der Waals surface area (Å²) in [5.41, 5.74) is 0. The van der Waals surface area contributed by atoms with E-state index in [-0.39, 0.29) is 12.5 Å². The topological polar surface area (TPSA) is 104 Å². The number of hydrogen-bond donors (Lipinski definition) is 3. The lowest BCUT2D eigenvalue weighted by Gasteiger charge is -2.04. The minimum Gasteiger partial charge on any atom is -0.480 e. The van der Waals surface area contributed by atoms with E-state index in [0.717, 1.165) is 12.4 Å². The van der Waals surface area contributed by atoms with Gasteiger partial charge in [0.1, 0.15) is 6.54 Å². The summed E-state index contributed by atoms with van der Waals surface area (Å²) in [6.45, 7) is -0.635. The fraction of sp³-hybridized carbons (Fsp3) is 0.250. The van der Waals surface area contributed by atoms with E-state index in [9.17, 15) is 14.0 Å². The predicted molar refractivity (Wildman–Crippen MR) is 51.1 cm³/mol. The van der Waals surface area contributed by atoms with Crippen LogP contribution in [0.4, 0.5) is 10.3 Å². The lowest BCUT2D eigenvalue weighted by molar-refractivity contribution is -0.137. The van der Waals surface area contributed by atoms with Gasteiger partial charge in [-0.05, 0) is 0 Å². The minimum absolute atomic E-state index is 0.0897. The first-order valence-corrected chi connectivity index (χ1v) is 4.28. The number of nitrogens with zero attached hydrogens (tertiary/aromatic N) is 2. The molecule has 0 aliphatic carbocycles. The van der Waals surface area contributed by atoms with Gasteiger partial charge in [-0.15, -0.1) is 0 Å². The maximum Gasteiger partial charge on any atom is 0.322 e. The fourth-order valence-electron chi connectivity index (χ4n) is 0.800. The van der Waals surface area contributed by atoms with E-state index in [1.807, 2.05) is 0 Å². The van der Waals surface area contributed by atoms with E-state index >= 15 is 0 Å². The van der Waals surface area contributed by atoms with E-state index in [2.05, 4.69) is 20.6 Å². The van der Waals surface area contributed by atoms with Crippen LogP contribution in [-0.4, -0.2) is 40.0 Å². The third-order valence-corrected chi connectivity index (χ3v) is 1.46. The van der Waals surface area contributed by atoms with Crippen LogP contribution in [0.3, 0.4) is 0 Å². The maximum absolute atomic E-state index is 12.4. The number of carboxylic acids is 1. The van der Waals surface area contributed by atoms with Crippen LogP contribution in [-0.2, 0) is 9.59 Å². The number of hydrogen-bond acceptors (Lipinski definition) is 5. The van der Waals surface area contributed by atoms with Crippen molar-refractivity contribution >= 4 is 17.8 Å². The van der Waals surface area contributed by atoms with Crippen LogP contribution in [0, 0.1) is 5.82 Å². The van der Waals surface area contributed by atoms with Gasteiger partial charge in [0.15, 0.2) is 5.82 Å². The van der Waals surface area contributed by atoms with E-state index in [1.165, 1.54) is 0 Å². The first-order valence-electron chi connectivity index (χ1n) is 4.28. The second-order valence-corrected chi connectivity index (χ2v) is 2.75. The summed E-state index contributed by atoms with van der Waals surface area (Å²) in [4.78, 5) is 28.2. The van der Waals surface area contributed by atoms with Gasteiger partial charge in [0, 0.05) is 0 Å². The summed E-state index contributed by atoms with van der Waals surface area (Å²) >= 11 is 0. The Bertz CT molecular complexity index is 381. The molecule has 0 saturated carbocycles. The van der Waals surface area contributed by atoms with Crippen molar-refractivity contribution in [2.24, 2.45) is 0 Å². The van der Waals surface area contributed by atoms with Crippen molar-refractivity contribution in [3.05, 3.63) is 18.2 Å². The molecule has 0 atom stereocenters. The van der Waals surface area contributed by atoms with E-state index in [1.54, 1.807) is 0 Å². The highest BCUT2D eigenvalue weighted by atomic mass is 19.1. The smallest absolute Gasteiger partial charge is 0.322 e. The average Bonchev–Trinajstić information content (AvgIpc) is 2.25. The summed E-state index contributed by atoms with van der Waals surface area (Å²) in [6.07, 6.45) is 1.90. The molecule has 0 aliphatic rings. The number of aliphatic carboxylic acids is 1. The van der Waals surface area contributed by atoms with E-state index in [4.69, 9.17) is 5.11 Å². The maximum atomic E-state index is 12.4. The second-order valence-electron chi connectivity index (χ2n) is 2.75. The highest BCUT2D eigenvalue weighted by Gasteiger charge is 2.04. The molecule has 0 spiro atoms. The molecule has 0 aliphatic heterocycles. The summed E-state index contributed by atoms with van der Waals surface area (Å²) in [5, 5.41) is 12.9. The Labute approximate surface area is 89.7 Å². The predicted octanol–water partition coefficient (Wildman–Crippen LogP) is -0.772. The zero-order valence-corrected chi connectivity index (χ0v) is 8.11. The van der Waals surface area contributed by atoms with Crippen LogP contribution in [0.25, 0.3) is 0 Å². The molecule has 0 bridgehead atoms. The molecular formula is C8H9FN4O3. The summed E-state index contributed by atoms with van der Waals surface area (Å²) in [7, 11) is 0. The number of nitrogens with one attached hydrogen (secondary N) is 2. The van der Waals surface area contributed by atoms with Gasteiger partial charge in [0.2, 0.25) is 11.9 Å². The molecule has 0 unspecified atom stereocenters. The lowest BCUT2D eigenvalue weighted by Crippen LogP contribution is -2.34. The number of carbonyl (C=O) groups is 2. The first-order chi connectivity index (χ1) is 7.58. The molecule has 8 heteroatoms. The fourth-order valence-corrected chi connectivity index (χ4v) is 0.800. The van der Waals surface area contributed by atoms with Crippen molar-refractivity contribution in [3.8, 4) is 0 Å². The van der Waals surface area contributed by atoms with E-state index in [0.29, 0.717) is 0 Å². The molecule has 7 nitrogen and oxygen atoms in total. The van der Waals surface area contributed by atoms with Crippen molar-refractivity contribution in [1.29, 1.82) is 0 Å². The van der Waals surface area contributed by atoms with Gasteiger partial charge in [-0.2, -0.15) is 0 Å². The largest absolute Gasteiger partial charge is 0.480 e. The van der Waals surface area contributed by atoms with Crippen molar-refractivity contribution in [2.45, 2.75) is 0 Å². The monoisotopic (exact) mass is 228 g/mol. The van der Waals surface area contributed by atoms with Crippen molar-refractivity contribution < 1.29 is 19.1 Å². The molecule has 3 N–H and O–H groups in total. The van der Waals surface area contributed by atoms with Crippen LogP contribution in [0.2, 0.25) is 0 Å². The number of carboxylic acid groups (broad SMARTS) is 1. The molecule has 0 aromatic carbocycles. The Morgan fingerprint density at radius 3 is 2.50 bits per heavy atom. The van der Waals surface area contributed by atoms with Crippen LogP contribution in [0.1, 0.15) is 0 Å². The standard InChI is InChI=1S/C8H9FN4O3/c9-5-1-11-8(12-2-5)13-3-6(14)10-4-7(15)16/h1-2H,3-4H2,(H,10,14)(H,15,16)(H,11,12,13). The summed E-state index contributed by atoms with van der Waals surface area (Å²) in [5.74, 6) is -2.14. The minimum atomic E-state index is -1.13. The van der Waals surface area contributed by atoms with Crippen LogP contribution in [0.15, 0.2) is 12.4 Å². The third kappa shape index (κ3) is 4.31. The number of halogens is 1. The van der Waals surface area contributed by atoms with Gasteiger partial charge in [-0.1, -0.05) is 0 Å². The van der Waals surface area contributed by atoms with Gasteiger partial charge >= 0.3 is 5.97 Å². The Kier molecular flexibility index (Phi) is 4.13. The van der Waals surface area contributed by atoms with Gasteiger partial charge in [0.25, 0.3) is 0 Å². The van der Waals surface area contributed by atoms with Crippen molar-refractivity contribution in [3.63, 3.8) is 0 Å². The molecule has 1 amide bonds. The highest BCUT2D eigenvalue weighted by Crippen LogP contribution is 1.96. The van der Waals surface area contributed by atoms with Gasteiger partial charge in [0.05, 0.1) is 18.9 Å². The third-order valence-electron chi connectivity index (χ3n) is 1.46. The summed E-state index contributed by atoms with van der Waals surface area (Å²) in [6, 6.07) is 0. The molecule has 1 aromatic rings. The Balaban J connectivity index is 2.31. The summed E-state index contributed by atoms with van der Waals surface area (Å²) < 4.78 is 12.4. The first kappa shape index (κ1) is 11.8. The molecular weight excluding hydrogens is 219 g/mol. The van der Waals surface area contributed by atoms with Gasteiger partial charge < -0.3 is 15.7 Å². The molecule has 86 valence electrons. The quantitative estimate of drug-likeness (QED) is 0.611. The number of anilines is 1. The zero-order valence-electron chi connectivity index (χ0n) is 8.11. The van der Waals surface area contributed by atoms with Crippen LogP contribution in [0.5, 0.6) is 0 Å². The average molecular weight is 228 g/mol. The Morgan fingerprint density at radius 1 is 1.31 bits per heavy atom. The second kappa shape index (κ2) is 5.59. The Morgan fingerprint density at radius 2 is 1.94 bits per heavy atom. The molecule has 0 fully saturated rings. The van der Waals surface area contributed by atoms with Crippen LogP contribution >= 0.6 is 0 Å². The van der Waals surface area contributed by atoms with Gasteiger partial charge in [-0.25, -0.2) is 14.4 Å². The molecule has 16 heavy (non-hydrogen) atoms. The van der Waals surface area contributed by atoms with E-state index < -0.39 is 24.2 Å². The van der Waals surface area contributed by atoms with Crippen LogP contribution < -0.4 is 10.6 Å².